The molecule has 0 atom stereocenters. The standard InChI is InChI=1S/C11H10Cl3NO3S/c1-11(2-3-11)15-10(16)7-4-6(12)5-8(9(7)13)19(14,17)18/h4-5H,2-3H2,1H3,(H,15,16). The molecule has 0 unspecified atom stereocenters. The van der Waals surface area contributed by atoms with Crippen LogP contribution >= 0.6 is 33.9 Å². The van der Waals surface area contributed by atoms with Crippen molar-refractivity contribution >= 4 is 48.8 Å². The predicted octanol–water partition coefficient (Wildman–Crippen LogP) is 3.20. The molecule has 0 radical (unpaired) electrons. The van der Waals surface area contributed by atoms with Gasteiger partial charge < -0.3 is 5.32 Å². The lowest BCUT2D eigenvalue weighted by atomic mass is 10.2. The third-order valence-corrected chi connectivity index (χ3v) is 5.01. The lowest BCUT2D eigenvalue weighted by Crippen LogP contribution is -2.34. The second-order valence-electron chi connectivity index (χ2n) is 4.72. The number of amides is 1. The van der Waals surface area contributed by atoms with Crippen LogP contribution in [0.3, 0.4) is 0 Å². The number of carbonyl (C=O) groups excluding carboxylic acids is 1. The van der Waals surface area contributed by atoms with Crippen molar-refractivity contribution in [1.29, 1.82) is 0 Å². The van der Waals surface area contributed by atoms with E-state index >= 15 is 0 Å². The van der Waals surface area contributed by atoms with E-state index in [0.29, 0.717) is 0 Å². The molecule has 1 aliphatic rings. The van der Waals surface area contributed by atoms with Crippen molar-refractivity contribution in [3.63, 3.8) is 0 Å². The second-order valence-corrected chi connectivity index (χ2v) is 8.07. The highest BCUT2D eigenvalue weighted by Gasteiger charge is 2.39. The Morgan fingerprint density at radius 1 is 1.32 bits per heavy atom. The largest absolute Gasteiger partial charge is 0.347 e. The third-order valence-electron chi connectivity index (χ3n) is 2.93. The first kappa shape index (κ1) is 14.9. The van der Waals surface area contributed by atoms with Crippen LogP contribution in [0.5, 0.6) is 0 Å². The molecule has 1 amide bonds. The number of rotatable bonds is 3. The summed E-state index contributed by atoms with van der Waals surface area (Å²) in [5.41, 5.74) is -0.246. The quantitative estimate of drug-likeness (QED) is 0.858. The Kier molecular flexibility index (Phi) is 3.77. The molecule has 0 bridgehead atoms. The molecule has 0 aromatic heterocycles. The van der Waals surface area contributed by atoms with E-state index in [2.05, 4.69) is 5.32 Å². The molecule has 0 heterocycles. The van der Waals surface area contributed by atoms with Crippen molar-refractivity contribution in [1.82, 2.24) is 5.32 Å². The van der Waals surface area contributed by atoms with Gasteiger partial charge in [0.05, 0.1) is 10.6 Å². The number of nitrogens with one attached hydrogen (secondary N) is 1. The summed E-state index contributed by atoms with van der Waals surface area (Å²) < 4.78 is 22.7. The Morgan fingerprint density at radius 3 is 2.37 bits per heavy atom. The minimum atomic E-state index is -4.06. The summed E-state index contributed by atoms with van der Waals surface area (Å²) in [7, 11) is 1.19. The molecule has 1 aliphatic carbocycles. The number of carbonyl (C=O) groups is 1. The number of hydrogen-bond donors (Lipinski definition) is 1. The van der Waals surface area contributed by atoms with Crippen LogP contribution in [0.2, 0.25) is 10.0 Å². The summed E-state index contributed by atoms with van der Waals surface area (Å²) >= 11 is 11.7. The molecule has 8 heteroatoms. The fourth-order valence-corrected chi connectivity index (χ4v) is 3.42. The minimum absolute atomic E-state index is 0.00140. The van der Waals surface area contributed by atoms with Gasteiger partial charge in [-0.15, -0.1) is 0 Å². The molecule has 0 saturated heterocycles. The zero-order valence-corrected chi connectivity index (χ0v) is 12.9. The Morgan fingerprint density at radius 2 is 1.89 bits per heavy atom. The Hall–Kier alpha value is -0.490. The van der Waals surface area contributed by atoms with Gasteiger partial charge in [-0.3, -0.25) is 4.79 Å². The number of benzene rings is 1. The predicted molar refractivity (Wildman–Crippen MR) is 74.6 cm³/mol. The maximum Gasteiger partial charge on any atom is 0.262 e. The SMILES string of the molecule is CC1(NC(=O)c2cc(Cl)cc(S(=O)(=O)Cl)c2Cl)CC1. The minimum Gasteiger partial charge on any atom is -0.347 e. The van der Waals surface area contributed by atoms with Crippen molar-refractivity contribution in [2.24, 2.45) is 0 Å². The molecule has 1 N–H and O–H groups in total. The van der Waals surface area contributed by atoms with Crippen LogP contribution < -0.4 is 5.32 Å². The van der Waals surface area contributed by atoms with E-state index in [1.165, 1.54) is 6.07 Å². The van der Waals surface area contributed by atoms with E-state index in [-0.39, 0.29) is 26.0 Å². The molecule has 19 heavy (non-hydrogen) atoms. The van der Waals surface area contributed by atoms with Crippen molar-refractivity contribution in [2.45, 2.75) is 30.2 Å². The zero-order valence-electron chi connectivity index (χ0n) is 9.84. The van der Waals surface area contributed by atoms with Gasteiger partial charge in [0.2, 0.25) is 0 Å². The van der Waals surface area contributed by atoms with Gasteiger partial charge in [0.25, 0.3) is 15.0 Å². The summed E-state index contributed by atoms with van der Waals surface area (Å²) in [4.78, 5) is 11.7. The van der Waals surface area contributed by atoms with Crippen LogP contribution in [-0.2, 0) is 9.05 Å². The molecule has 0 aliphatic heterocycles. The first-order chi connectivity index (χ1) is 8.62. The van der Waals surface area contributed by atoms with Gasteiger partial charge in [-0.05, 0) is 31.9 Å². The van der Waals surface area contributed by atoms with E-state index in [4.69, 9.17) is 33.9 Å². The fourth-order valence-electron chi connectivity index (χ4n) is 1.56. The average Bonchev–Trinajstić information content (AvgIpc) is 2.97. The molecule has 2 rings (SSSR count). The summed E-state index contributed by atoms with van der Waals surface area (Å²) in [6.45, 7) is 1.89. The Bertz CT molecular complexity index is 653. The monoisotopic (exact) mass is 341 g/mol. The van der Waals surface area contributed by atoms with Crippen molar-refractivity contribution in [3.05, 3.63) is 27.7 Å². The first-order valence-corrected chi connectivity index (χ1v) is 8.45. The average molecular weight is 343 g/mol. The van der Waals surface area contributed by atoms with Gasteiger partial charge in [-0.1, -0.05) is 23.2 Å². The van der Waals surface area contributed by atoms with E-state index in [1.54, 1.807) is 0 Å². The molecular weight excluding hydrogens is 333 g/mol. The molecule has 1 saturated carbocycles. The maximum atomic E-state index is 12.1. The summed E-state index contributed by atoms with van der Waals surface area (Å²) in [6.07, 6.45) is 1.75. The lowest BCUT2D eigenvalue weighted by Gasteiger charge is -2.13. The van der Waals surface area contributed by atoms with E-state index in [9.17, 15) is 13.2 Å². The number of hydrogen-bond acceptors (Lipinski definition) is 3. The van der Waals surface area contributed by atoms with Crippen LogP contribution in [0, 0.1) is 0 Å². The van der Waals surface area contributed by atoms with Crippen molar-refractivity contribution < 1.29 is 13.2 Å². The summed E-state index contributed by atoms with van der Waals surface area (Å²) in [5.74, 6) is -0.464. The van der Waals surface area contributed by atoms with Gasteiger partial charge in [0.15, 0.2) is 0 Å². The Balaban J connectivity index is 2.46. The summed E-state index contributed by atoms with van der Waals surface area (Å²) in [6, 6.07) is 2.43. The van der Waals surface area contributed by atoms with Crippen LogP contribution in [-0.4, -0.2) is 19.9 Å². The van der Waals surface area contributed by atoms with Crippen molar-refractivity contribution in [2.75, 3.05) is 0 Å². The molecule has 1 aromatic carbocycles. The maximum absolute atomic E-state index is 12.1. The van der Waals surface area contributed by atoms with Crippen LogP contribution in [0.25, 0.3) is 0 Å². The molecule has 1 aromatic rings. The van der Waals surface area contributed by atoms with E-state index < -0.39 is 15.0 Å². The Labute approximate surface area is 125 Å². The highest BCUT2D eigenvalue weighted by molar-refractivity contribution is 8.13. The van der Waals surface area contributed by atoms with Gasteiger partial charge in [-0.2, -0.15) is 0 Å². The second kappa shape index (κ2) is 4.81. The molecule has 4 nitrogen and oxygen atoms in total. The highest BCUT2D eigenvalue weighted by Crippen LogP contribution is 2.36. The van der Waals surface area contributed by atoms with E-state index in [1.807, 2.05) is 6.92 Å². The van der Waals surface area contributed by atoms with Gasteiger partial charge >= 0.3 is 0 Å². The van der Waals surface area contributed by atoms with Gasteiger partial charge in [0, 0.05) is 21.2 Å². The molecule has 0 spiro atoms. The first-order valence-electron chi connectivity index (χ1n) is 5.39. The van der Waals surface area contributed by atoms with Crippen molar-refractivity contribution in [3.8, 4) is 0 Å². The van der Waals surface area contributed by atoms with Gasteiger partial charge in [-0.25, -0.2) is 8.42 Å². The molecular formula is C11H10Cl3NO3S. The summed E-state index contributed by atoms with van der Waals surface area (Å²) in [5, 5.41) is 2.63. The van der Waals surface area contributed by atoms with Crippen LogP contribution in [0.1, 0.15) is 30.1 Å². The number of halogens is 3. The van der Waals surface area contributed by atoms with Crippen LogP contribution in [0.4, 0.5) is 0 Å². The normalized spacial score (nSPS) is 17.1. The highest BCUT2D eigenvalue weighted by atomic mass is 35.7. The smallest absolute Gasteiger partial charge is 0.262 e. The lowest BCUT2D eigenvalue weighted by molar-refractivity contribution is 0.0935. The topological polar surface area (TPSA) is 63.2 Å². The zero-order chi connectivity index (χ0) is 14.4. The molecule has 1 fully saturated rings. The van der Waals surface area contributed by atoms with E-state index in [0.717, 1.165) is 18.9 Å². The van der Waals surface area contributed by atoms with Gasteiger partial charge in [0.1, 0.15) is 4.90 Å². The van der Waals surface area contributed by atoms with Crippen LogP contribution in [0.15, 0.2) is 17.0 Å². The fraction of sp³-hybridized carbons (Fsp3) is 0.364. The third kappa shape index (κ3) is 3.34. The molecule has 104 valence electrons.